The second-order valence-corrected chi connectivity index (χ2v) is 8.10. The molecule has 0 spiro atoms. The number of benzene rings is 1. The van der Waals surface area contributed by atoms with Crippen molar-refractivity contribution in [1.82, 2.24) is 24.0 Å². The van der Waals surface area contributed by atoms with Crippen LogP contribution in [0.1, 0.15) is 6.92 Å². The summed E-state index contributed by atoms with van der Waals surface area (Å²) < 4.78 is 87.5. The maximum absolute atomic E-state index is 13.1. The molecule has 1 aromatic carbocycles. The van der Waals surface area contributed by atoms with Gasteiger partial charge in [0.2, 0.25) is 5.95 Å². The average molecular weight is 560 g/mol. The molecule has 4 rings (SSSR count). The highest BCUT2D eigenvalue weighted by Gasteiger charge is 2.43. The number of alkyl halides is 6. The molecular weight excluding hydrogens is 542 g/mol. The predicted molar refractivity (Wildman–Crippen MR) is 122 cm³/mol. The van der Waals surface area contributed by atoms with Crippen LogP contribution in [0.5, 0.6) is 5.75 Å². The summed E-state index contributed by atoms with van der Waals surface area (Å²) in [7, 11) is 1.14. The number of aromatic nitrogens is 4. The number of fused-ring (bicyclic) bond motifs is 1. The molecule has 0 radical (unpaired) electrons. The third-order valence-corrected chi connectivity index (χ3v) is 5.48. The summed E-state index contributed by atoms with van der Waals surface area (Å²) in [5.74, 6) is -0.550. The third kappa shape index (κ3) is 5.55. The summed E-state index contributed by atoms with van der Waals surface area (Å²) in [6.45, 7) is 1.25. The van der Waals surface area contributed by atoms with E-state index in [0.717, 1.165) is 28.3 Å². The molecular formula is C22H18F6N6O5. The van der Waals surface area contributed by atoms with E-state index in [-0.39, 0.29) is 42.4 Å². The Bertz CT molecular complexity index is 1610. The van der Waals surface area contributed by atoms with E-state index in [9.17, 15) is 40.7 Å². The lowest BCUT2D eigenvalue weighted by Gasteiger charge is -2.33. The zero-order valence-electron chi connectivity index (χ0n) is 20.1. The molecule has 0 amide bonds. The minimum atomic E-state index is -5.22. The van der Waals surface area contributed by atoms with Crippen LogP contribution in [-0.4, -0.2) is 63.1 Å². The first-order chi connectivity index (χ1) is 18.2. The number of carbonyl (C=O) groups excluding carboxylic acids is 1. The van der Waals surface area contributed by atoms with Gasteiger partial charge in [0.1, 0.15) is 5.75 Å². The van der Waals surface area contributed by atoms with Gasteiger partial charge in [-0.2, -0.15) is 18.2 Å². The Morgan fingerprint density at radius 1 is 1.18 bits per heavy atom. The molecule has 17 heteroatoms. The summed E-state index contributed by atoms with van der Waals surface area (Å²) in [6.07, 6.45) is -11.6. The van der Waals surface area contributed by atoms with Crippen LogP contribution in [-0.2, 0) is 16.6 Å². The molecule has 0 aliphatic carbocycles. The number of rotatable bonds is 4. The third-order valence-electron chi connectivity index (χ3n) is 5.48. The fourth-order valence-electron chi connectivity index (χ4n) is 3.89. The Hall–Kier alpha value is -4.46. The number of carbonyl (C=O) groups is 1. The van der Waals surface area contributed by atoms with Crippen molar-refractivity contribution in [1.29, 1.82) is 0 Å². The Morgan fingerprint density at radius 3 is 2.54 bits per heavy atom. The molecule has 39 heavy (non-hydrogen) atoms. The highest BCUT2D eigenvalue weighted by Crippen LogP contribution is 2.27. The van der Waals surface area contributed by atoms with Gasteiger partial charge in [0.05, 0.1) is 12.2 Å². The first-order valence-corrected chi connectivity index (χ1v) is 11.0. The van der Waals surface area contributed by atoms with Crippen LogP contribution in [0.4, 0.5) is 32.3 Å². The molecule has 2 aromatic heterocycles. The van der Waals surface area contributed by atoms with Gasteiger partial charge in [0.25, 0.3) is 5.56 Å². The maximum Gasteiger partial charge on any atom is 0.573 e. The molecule has 1 aliphatic rings. The van der Waals surface area contributed by atoms with Crippen LogP contribution in [0.2, 0.25) is 0 Å². The lowest BCUT2D eigenvalue weighted by molar-refractivity contribution is -0.274. The molecule has 1 aliphatic heterocycles. The molecule has 1 N–H and O–H groups in total. The monoisotopic (exact) mass is 560 g/mol. The van der Waals surface area contributed by atoms with Gasteiger partial charge in [-0.3, -0.25) is 14.7 Å². The fourth-order valence-corrected chi connectivity index (χ4v) is 3.89. The molecule has 1 fully saturated rings. The van der Waals surface area contributed by atoms with Gasteiger partial charge in [-0.25, -0.2) is 18.7 Å². The van der Waals surface area contributed by atoms with Crippen LogP contribution in [0.25, 0.3) is 16.9 Å². The van der Waals surface area contributed by atoms with E-state index in [0.29, 0.717) is 4.57 Å². The van der Waals surface area contributed by atoms with Crippen molar-refractivity contribution in [2.45, 2.75) is 25.7 Å². The lowest BCUT2D eigenvalue weighted by Crippen LogP contribution is -2.54. The highest BCUT2D eigenvalue weighted by atomic mass is 19.4. The molecule has 0 saturated carbocycles. The van der Waals surface area contributed by atoms with E-state index in [2.05, 4.69) is 31.7 Å². The molecule has 3 aromatic rings. The molecule has 1 unspecified atom stereocenters. The normalized spacial score (nSPS) is 16.1. The van der Waals surface area contributed by atoms with Gasteiger partial charge >= 0.3 is 24.2 Å². The largest absolute Gasteiger partial charge is 0.573 e. The van der Waals surface area contributed by atoms with Gasteiger partial charge in [-0.15, -0.1) is 13.2 Å². The van der Waals surface area contributed by atoms with Gasteiger partial charge in [-0.05, 0) is 19.1 Å². The van der Waals surface area contributed by atoms with Crippen LogP contribution in [0.3, 0.4) is 0 Å². The summed E-state index contributed by atoms with van der Waals surface area (Å²) in [6, 6.07) is 7.05. The smallest absolute Gasteiger partial charge is 0.438 e. The Balaban J connectivity index is 1.88. The SMILES string of the molecule is CC#Cn1c(N2CCNC(OC(=O)C(F)(F)F)C2)nc2c1c(=O)n(C)c(=O)n2-c1cccc(OC(F)(F)F)c1. The summed E-state index contributed by atoms with van der Waals surface area (Å²) in [4.78, 5) is 43.3. The van der Waals surface area contributed by atoms with Gasteiger partial charge < -0.3 is 14.4 Å². The van der Waals surface area contributed by atoms with Gasteiger partial charge in [0, 0.05) is 32.2 Å². The standard InChI is InChI=1S/C22H18F6N6O5/c1-3-8-33-15-16(30-19(33)32-9-7-29-14(11-32)38-18(36)21(23,24)25)34(20(37)31(2)17(15)35)12-5-4-6-13(10-12)39-22(26,27)28/h4-6,10,14,29H,7,9,11H2,1-2H3. The molecule has 11 nitrogen and oxygen atoms in total. The number of nitrogens with one attached hydrogen (secondary N) is 1. The van der Waals surface area contributed by atoms with Crippen molar-refractivity contribution in [2.24, 2.45) is 7.05 Å². The summed E-state index contributed by atoms with van der Waals surface area (Å²) in [5.41, 5.74) is -2.43. The number of hydrogen-bond acceptors (Lipinski definition) is 8. The zero-order chi connectivity index (χ0) is 28.7. The Morgan fingerprint density at radius 2 is 1.90 bits per heavy atom. The minimum Gasteiger partial charge on any atom is -0.438 e. The molecule has 208 valence electrons. The van der Waals surface area contributed by atoms with Crippen molar-refractivity contribution in [3.8, 4) is 23.4 Å². The van der Waals surface area contributed by atoms with Crippen molar-refractivity contribution < 1.29 is 40.6 Å². The second-order valence-electron chi connectivity index (χ2n) is 8.10. The Kier molecular flexibility index (Phi) is 7.08. The summed E-state index contributed by atoms with van der Waals surface area (Å²) in [5, 5.41) is 2.61. The lowest BCUT2D eigenvalue weighted by atomic mass is 10.3. The van der Waals surface area contributed by atoms with Crippen molar-refractivity contribution >= 4 is 23.1 Å². The number of halogens is 6. The van der Waals surface area contributed by atoms with Gasteiger partial charge in [0.15, 0.2) is 17.4 Å². The van der Waals surface area contributed by atoms with E-state index in [4.69, 9.17) is 0 Å². The number of imidazole rings is 1. The minimum absolute atomic E-state index is 0.0419. The van der Waals surface area contributed by atoms with E-state index in [1.54, 1.807) is 0 Å². The maximum atomic E-state index is 13.1. The van der Waals surface area contributed by atoms with Crippen molar-refractivity contribution in [3.05, 3.63) is 45.1 Å². The van der Waals surface area contributed by atoms with Crippen molar-refractivity contribution in [3.63, 3.8) is 0 Å². The molecule has 1 atom stereocenters. The first-order valence-electron chi connectivity index (χ1n) is 11.0. The van der Waals surface area contributed by atoms with E-state index >= 15 is 0 Å². The van der Waals surface area contributed by atoms with Crippen LogP contribution in [0, 0.1) is 12.0 Å². The zero-order valence-corrected chi connectivity index (χ0v) is 20.1. The number of ether oxygens (including phenoxy) is 2. The van der Waals surface area contributed by atoms with E-state index in [1.165, 1.54) is 24.0 Å². The van der Waals surface area contributed by atoms with E-state index in [1.807, 2.05) is 0 Å². The van der Waals surface area contributed by atoms with Gasteiger partial charge in [-0.1, -0.05) is 12.0 Å². The van der Waals surface area contributed by atoms with E-state index < -0.39 is 41.7 Å². The average Bonchev–Trinajstić information content (AvgIpc) is 3.20. The number of anilines is 1. The first kappa shape index (κ1) is 27.6. The fraction of sp³-hybridized carbons (Fsp3) is 0.364. The van der Waals surface area contributed by atoms with Crippen LogP contribution >= 0.6 is 0 Å². The molecule has 0 bridgehead atoms. The molecule has 1 saturated heterocycles. The topological polar surface area (TPSA) is 113 Å². The number of hydrogen-bond donors (Lipinski definition) is 1. The van der Waals surface area contributed by atoms with Crippen molar-refractivity contribution in [2.75, 3.05) is 24.5 Å². The highest BCUT2D eigenvalue weighted by molar-refractivity contribution is 5.78. The van der Waals surface area contributed by atoms with Crippen LogP contribution < -0.4 is 26.2 Å². The summed E-state index contributed by atoms with van der Waals surface area (Å²) >= 11 is 0. The second kappa shape index (κ2) is 10.0. The Labute approximate surface area is 214 Å². The predicted octanol–water partition coefficient (Wildman–Crippen LogP) is 1.45. The molecule has 3 heterocycles. The quantitative estimate of drug-likeness (QED) is 0.290. The number of nitrogens with zero attached hydrogens (tertiary/aromatic N) is 5. The number of esters is 1. The van der Waals surface area contributed by atoms with Crippen LogP contribution in [0.15, 0.2) is 33.9 Å². The number of piperazine rings is 1.